The Morgan fingerprint density at radius 2 is 0.773 bits per heavy atom. The highest BCUT2D eigenvalue weighted by Crippen LogP contribution is 2.17. The fourth-order valence-corrected chi connectivity index (χ4v) is 5.52. The molecule has 0 N–H and O–H groups in total. The Morgan fingerprint density at radius 3 is 1.00 bits per heavy atom. The molecule has 0 heterocycles. The zero-order chi connectivity index (χ0) is 16.6. The van der Waals surface area contributed by atoms with E-state index in [2.05, 4.69) is 97.3 Å². The molecule has 2 rings (SSSR count). The number of rotatable bonds is 3. The Hall–Kier alpha value is -0.470. The van der Waals surface area contributed by atoms with Crippen molar-refractivity contribution in [3.05, 3.63) is 57.6 Å². The second-order valence-electron chi connectivity index (χ2n) is 6.43. The number of benzene rings is 2. The van der Waals surface area contributed by atoms with E-state index in [1.165, 1.54) is 44.3 Å². The third-order valence-corrected chi connectivity index (χ3v) is 6.97. The van der Waals surface area contributed by atoms with Crippen LogP contribution in [-0.2, 0) is 0 Å². The summed E-state index contributed by atoms with van der Waals surface area (Å²) in [7, 11) is 0. The topological polar surface area (TPSA) is 0 Å². The molecule has 0 amide bonds. The SMILES string of the molecule is Cc1cc(C)c(B(Br)B(Br)c2c(C)cc(C)cc2C)c(C)c1. The highest BCUT2D eigenvalue weighted by Gasteiger charge is 2.32. The summed E-state index contributed by atoms with van der Waals surface area (Å²) in [5, 5.41) is 0. The smallest absolute Gasteiger partial charge is 0.158 e. The third-order valence-electron chi connectivity index (χ3n) is 4.28. The zero-order valence-electron chi connectivity index (χ0n) is 14.2. The van der Waals surface area contributed by atoms with E-state index in [9.17, 15) is 0 Å². The van der Waals surface area contributed by atoms with Gasteiger partial charge in [-0.1, -0.05) is 68.6 Å². The van der Waals surface area contributed by atoms with Crippen molar-refractivity contribution in [2.24, 2.45) is 0 Å². The van der Waals surface area contributed by atoms with Crippen molar-refractivity contribution in [1.82, 2.24) is 0 Å². The summed E-state index contributed by atoms with van der Waals surface area (Å²) >= 11 is 7.91. The van der Waals surface area contributed by atoms with Crippen LogP contribution >= 0.6 is 31.5 Å². The first-order valence-corrected chi connectivity index (χ1v) is 9.49. The van der Waals surface area contributed by atoms with Crippen molar-refractivity contribution in [2.75, 3.05) is 0 Å². The Morgan fingerprint density at radius 1 is 0.545 bits per heavy atom. The second-order valence-corrected chi connectivity index (χ2v) is 8.40. The second kappa shape index (κ2) is 6.97. The summed E-state index contributed by atoms with van der Waals surface area (Å²) in [6.45, 7) is 13.1. The maximum atomic E-state index is 3.95. The molecule has 0 saturated heterocycles. The Bertz CT molecular complexity index is 603. The van der Waals surface area contributed by atoms with Gasteiger partial charge in [0.05, 0.1) is 0 Å². The van der Waals surface area contributed by atoms with Crippen LogP contribution in [0.4, 0.5) is 0 Å². The normalized spacial score (nSPS) is 10.7. The van der Waals surface area contributed by atoms with Crippen LogP contribution in [0.5, 0.6) is 0 Å². The first-order chi connectivity index (χ1) is 10.2. The van der Waals surface area contributed by atoms with Gasteiger partial charge in [-0.15, -0.1) is 0 Å². The standard InChI is InChI=1S/C18H22B2Br2/c1-11-7-13(3)17(14(4)8-11)19(21)20(22)18-15(5)9-12(2)10-16(18)6/h7-10H,1-6H3. The molecule has 2 aromatic carbocycles. The molecule has 0 aliphatic heterocycles. The van der Waals surface area contributed by atoms with Crippen molar-refractivity contribution in [2.45, 2.75) is 41.5 Å². The predicted molar refractivity (Wildman–Crippen MR) is 110 cm³/mol. The van der Waals surface area contributed by atoms with Crippen molar-refractivity contribution < 1.29 is 0 Å². The molecule has 0 spiro atoms. The van der Waals surface area contributed by atoms with Crippen molar-refractivity contribution >= 4 is 53.3 Å². The molecule has 22 heavy (non-hydrogen) atoms. The quantitative estimate of drug-likeness (QED) is 0.642. The van der Waals surface area contributed by atoms with E-state index in [1.807, 2.05) is 0 Å². The molecule has 2 aromatic rings. The van der Waals surface area contributed by atoms with Gasteiger partial charge in [0.2, 0.25) is 10.9 Å². The summed E-state index contributed by atoms with van der Waals surface area (Å²) in [6.07, 6.45) is 0. The van der Waals surface area contributed by atoms with Gasteiger partial charge in [-0.05, 0) is 41.5 Å². The van der Waals surface area contributed by atoms with E-state index in [4.69, 9.17) is 0 Å². The van der Waals surface area contributed by atoms with Gasteiger partial charge in [0.25, 0.3) is 0 Å². The fourth-order valence-electron chi connectivity index (χ4n) is 3.55. The Kier molecular flexibility index (Phi) is 5.66. The predicted octanol–water partition coefficient (Wildman–Crippen LogP) is 4.50. The summed E-state index contributed by atoms with van der Waals surface area (Å²) in [6, 6.07) is 9.08. The molecule has 0 nitrogen and oxygen atoms in total. The molecular formula is C18H22B2Br2. The molecule has 114 valence electrons. The van der Waals surface area contributed by atoms with E-state index >= 15 is 0 Å². The molecule has 0 fully saturated rings. The van der Waals surface area contributed by atoms with Gasteiger partial charge in [0.1, 0.15) is 0 Å². The molecule has 0 saturated carbocycles. The highest BCUT2D eigenvalue weighted by molar-refractivity contribution is 9.35. The van der Waals surface area contributed by atoms with Gasteiger partial charge in [-0.2, -0.15) is 31.5 Å². The first kappa shape index (κ1) is 17.9. The molecule has 0 radical (unpaired) electrons. The lowest BCUT2D eigenvalue weighted by Gasteiger charge is -2.21. The van der Waals surface area contributed by atoms with Crippen LogP contribution in [0.25, 0.3) is 0 Å². The molecular weight excluding hydrogens is 398 g/mol. The van der Waals surface area contributed by atoms with Crippen LogP contribution in [0.1, 0.15) is 33.4 Å². The maximum Gasteiger partial charge on any atom is 0.244 e. The zero-order valence-corrected chi connectivity index (χ0v) is 17.4. The highest BCUT2D eigenvalue weighted by atomic mass is 79.9. The maximum absolute atomic E-state index is 3.95. The molecule has 0 atom stereocenters. The largest absolute Gasteiger partial charge is 0.244 e. The molecule has 0 aliphatic carbocycles. The van der Waals surface area contributed by atoms with Gasteiger partial charge in [0, 0.05) is 0 Å². The summed E-state index contributed by atoms with van der Waals surface area (Å²) in [5.41, 5.74) is 11.4. The van der Waals surface area contributed by atoms with Crippen molar-refractivity contribution in [3.63, 3.8) is 0 Å². The number of aryl methyl sites for hydroxylation is 6. The van der Waals surface area contributed by atoms with Crippen LogP contribution in [0.3, 0.4) is 0 Å². The lowest BCUT2D eigenvalue weighted by atomic mass is 9.31. The van der Waals surface area contributed by atoms with Crippen LogP contribution in [0, 0.1) is 41.5 Å². The van der Waals surface area contributed by atoms with Crippen LogP contribution in [-0.4, -0.2) is 10.9 Å². The minimum Gasteiger partial charge on any atom is -0.158 e. The van der Waals surface area contributed by atoms with Crippen molar-refractivity contribution in [3.8, 4) is 0 Å². The minimum absolute atomic E-state index is 0.258. The third kappa shape index (κ3) is 3.54. The van der Waals surface area contributed by atoms with Gasteiger partial charge < -0.3 is 0 Å². The molecule has 4 heteroatoms. The minimum atomic E-state index is 0.258. The first-order valence-electron chi connectivity index (χ1n) is 7.66. The average Bonchev–Trinajstić information content (AvgIpc) is 2.35. The number of hydrogen-bond donors (Lipinski definition) is 0. The summed E-state index contributed by atoms with van der Waals surface area (Å²) < 4.78 is 0. The lowest BCUT2D eigenvalue weighted by molar-refractivity contribution is 1.35. The van der Waals surface area contributed by atoms with Crippen LogP contribution in [0.2, 0.25) is 0 Å². The average molecular weight is 420 g/mol. The van der Waals surface area contributed by atoms with Gasteiger partial charge >= 0.3 is 0 Å². The fraction of sp³-hybridized carbons (Fsp3) is 0.333. The Balaban J connectivity index is 2.49. The number of halogens is 2. The van der Waals surface area contributed by atoms with E-state index in [1.54, 1.807) is 0 Å². The molecule has 0 aliphatic rings. The van der Waals surface area contributed by atoms with Gasteiger partial charge in [0.15, 0.2) is 0 Å². The van der Waals surface area contributed by atoms with Gasteiger partial charge in [-0.25, -0.2) is 0 Å². The van der Waals surface area contributed by atoms with Crippen LogP contribution < -0.4 is 10.9 Å². The lowest BCUT2D eigenvalue weighted by Crippen LogP contribution is -2.48. The van der Waals surface area contributed by atoms with E-state index in [0.717, 1.165) is 0 Å². The number of hydrogen-bond acceptors (Lipinski definition) is 0. The van der Waals surface area contributed by atoms with Crippen molar-refractivity contribution in [1.29, 1.82) is 0 Å². The van der Waals surface area contributed by atoms with Crippen LogP contribution in [0.15, 0.2) is 24.3 Å². The molecule has 0 bridgehead atoms. The molecule has 0 unspecified atom stereocenters. The van der Waals surface area contributed by atoms with Gasteiger partial charge in [-0.3, -0.25) is 0 Å². The monoisotopic (exact) mass is 418 g/mol. The summed E-state index contributed by atoms with van der Waals surface area (Å²) in [5.74, 6) is 0. The summed E-state index contributed by atoms with van der Waals surface area (Å²) in [4.78, 5) is 0. The van der Waals surface area contributed by atoms with E-state index in [0.29, 0.717) is 0 Å². The van der Waals surface area contributed by atoms with E-state index in [-0.39, 0.29) is 10.9 Å². The van der Waals surface area contributed by atoms with E-state index < -0.39 is 0 Å². The Labute approximate surface area is 152 Å². The molecule has 0 aromatic heterocycles.